The molecule has 0 spiro atoms. The predicted octanol–water partition coefficient (Wildman–Crippen LogP) is 4.39. The molecule has 1 aliphatic carbocycles. The number of hydrogen-bond acceptors (Lipinski definition) is 7. The van der Waals surface area contributed by atoms with Gasteiger partial charge in [0, 0.05) is 0 Å². The van der Waals surface area contributed by atoms with Crippen LogP contribution in [0.4, 0.5) is 0 Å². The molecule has 36 heavy (non-hydrogen) atoms. The summed E-state index contributed by atoms with van der Waals surface area (Å²) in [5.74, 6) is -1.52. The summed E-state index contributed by atoms with van der Waals surface area (Å²) in [6.45, 7) is 11.5. The van der Waals surface area contributed by atoms with Crippen LogP contribution in [0.5, 0.6) is 0 Å². The summed E-state index contributed by atoms with van der Waals surface area (Å²) in [6, 6.07) is 20.1. The Morgan fingerprint density at radius 3 is 1.56 bits per heavy atom. The van der Waals surface area contributed by atoms with E-state index < -0.39 is 57.5 Å². The van der Waals surface area contributed by atoms with Crippen molar-refractivity contribution in [2.45, 2.75) is 94.7 Å². The van der Waals surface area contributed by atoms with E-state index in [2.05, 4.69) is 33.9 Å². The molecular weight excluding hydrogens is 476 g/mol. The van der Waals surface area contributed by atoms with Gasteiger partial charge in [-0.3, -0.25) is 0 Å². The zero-order valence-corrected chi connectivity index (χ0v) is 22.8. The highest BCUT2D eigenvalue weighted by Gasteiger charge is 2.69. The molecule has 0 aromatic heterocycles. The monoisotopic (exact) mass is 514 g/mol. The summed E-state index contributed by atoms with van der Waals surface area (Å²) in [7, 11) is -2.21. The maximum Gasteiger partial charge on any atom is 0.308 e. The van der Waals surface area contributed by atoms with Crippen molar-refractivity contribution in [1.29, 1.82) is 0 Å². The number of aliphatic hydroxyl groups is 1. The van der Waals surface area contributed by atoms with Crippen LogP contribution >= 0.6 is 0 Å². The molecule has 3 heterocycles. The molecule has 0 radical (unpaired) electrons. The van der Waals surface area contributed by atoms with Crippen LogP contribution in [0.3, 0.4) is 0 Å². The first-order valence-corrected chi connectivity index (χ1v) is 15.7. The summed E-state index contributed by atoms with van der Waals surface area (Å²) < 4.78 is 38.6. The van der Waals surface area contributed by atoms with Crippen LogP contribution in [-0.2, 0) is 41.3 Å². The van der Waals surface area contributed by atoms with Crippen LogP contribution in [0.15, 0.2) is 60.7 Å². The van der Waals surface area contributed by atoms with E-state index in [-0.39, 0.29) is 5.04 Å². The average Bonchev–Trinajstić information content (AvgIpc) is 2.86. The van der Waals surface area contributed by atoms with Gasteiger partial charge in [-0.15, -0.1) is 0 Å². The van der Waals surface area contributed by atoms with Gasteiger partial charge in [0.05, 0.1) is 13.2 Å². The molecule has 1 saturated carbocycles. The molecule has 2 aromatic carbocycles. The molecule has 0 amide bonds. The fourth-order valence-corrected chi connectivity index (χ4v) is 6.21. The maximum absolute atomic E-state index is 10.2. The standard InChI is InChI=1S/C28H38O7Si/c1-27(2,3)36(4,5)35-26-24-21(30-16-19-12-8-6-9-13-19)23-22(31-17-20-14-10-7-11-15-20)25(26)34-28(18-29,32-23)33-24/h6-15,21-26,29H,16-18H2,1-5H3/t21-,22+,23?,24-,25+,26?,28?. The lowest BCUT2D eigenvalue weighted by molar-refractivity contribution is -0.544. The first kappa shape index (κ1) is 26.0. The Labute approximate surface area is 214 Å². The lowest BCUT2D eigenvalue weighted by Crippen LogP contribution is -2.81. The lowest BCUT2D eigenvalue weighted by atomic mass is 9.81. The van der Waals surface area contributed by atoms with Crippen LogP contribution in [-0.4, -0.2) is 62.6 Å². The first-order chi connectivity index (χ1) is 17.1. The molecule has 6 rings (SSSR count). The number of rotatable bonds is 9. The van der Waals surface area contributed by atoms with Crippen LogP contribution in [0.2, 0.25) is 18.1 Å². The van der Waals surface area contributed by atoms with Gasteiger partial charge >= 0.3 is 5.97 Å². The Morgan fingerprint density at radius 1 is 0.750 bits per heavy atom. The van der Waals surface area contributed by atoms with Crippen LogP contribution in [0.25, 0.3) is 0 Å². The normalized spacial score (nSPS) is 33.7. The van der Waals surface area contributed by atoms with E-state index in [0.29, 0.717) is 13.2 Å². The van der Waals surface area contributed by atoms with Crippen molar-refractivity contribution < 1.29 is 33.2 Å². The highest BCUT2D eigenvalue weighted by Crippen LogP contribution is 2.50. The summed E-state index contributed by atoms with van der Waals surface area (Å²) >= 11 is 0. The van der Waals surface area contributed by atoms with Crippen molar-refractivity contribution in [1.82, 2.24) is 0 Å². The summed E-state index contributed by atoms with van der Waals surface area (Å²) in [6.07, 6.45) is -2.68. The second-order valence-corrected chi connectivity index (χ2v) is 16.2. The Kier molecular flexibility index (Phi) is 7.17. The van der Waals surface area contributed by atoms with Gasteiger partial charge in [-0.25, -0.2) is 0 Å². The molecule has 2 aromatic rings. The molecule has 3 saturated heterocycles. The molecule has 3 unspecified atom stereocenters. The van der Waals surface area contributed by atoms with Crippen molar-refractivity contribution in [3.8, 4) is 0 Å². The van der Waals surface area contributed by atoms with Crippen molar-refractivity contribution >= 4 is 8.32 Å². The maximum atomic E-state index is 10.2. The van der Waals surface area contributed by atoms with E-state index in [1.54, 1.807) is 0 Å². The molecule has 4 fully saturated rings. The predicted molar refractivity (Wildman–Crippen MR) is 137 cm³/mol. The summed E-state index contributed by atoms with van der Waals surface area (Å²) in [5, 5.41) is 10.2. The topological polar surface area (TPSA) is 75.6 Å². The summed E-state index contributed by atoms with van der Waals surface area (Å²) in [4.78, 5) is 0. The van der Waals surface area contributed by atoms with E-state index in [1.165, 1.54) is 0 Å². The zero-order valence-electron chi connectivity index (χ0n) is 21.8. The molecule has 1 N–H and O–H groups in total. The van der Waals surface area contributed by atoms with Crippen LogP contribution in [0.1, 0.15) is 31.9 Å². The number of benzene rings is 2. The fraction of sp³-hybridized carbons (Fsp3) is 0.571. The molecule has 7 nitrogen and oxygen atoms in total. The van der Waals surface area contributed by atoms with Gasteiger partial charge in [-0.1, -0.05) is 81.4 Å². The van der Waals surface area contributed by atoms with Gasteiger partial charge in [0.1, 0.15) is 43.2 Å². The second kappa shape index (κ2) is 9.92. The first-order valence-electron chi connectivity index (χ1n) is 12.8. The second-order valence-electron chi connectivity index (χ2n) is 11.5. The van der Waals surface area contributed by atoms with Crippen molar-refractivity contribution in [3.63, 3.8) is 0 Å². The SMILES string of the molecule is CC(C)(C)[Si](C)(C)OC1[C@H]2OC3(CO)OC([C@@H](OCc4ccccc4)[C@H]1O3)[C@@H]2OCc1ccccc1. The molecule has 7 atom stereocenters. The highest BCUT2D eigenvalue weighted by atomic mass is 28.4. The number of aliphatic hydroxyl groups excluding tert-OH is 1. The van der Waals surface area contributed by atoms with Crippen LogP contribution in [0, 0.1) is 0 Å². The molecule has 8 heteroatoms. The van der Waals surface area contributed by atoms with E-state index in [9.17, 15) is 5.11 Å². The van der Waals surface area contributed by atoms with Gasteiger partial charge in [0.25, 0.3) is 0 Å². The van der Waals surface area contributed by atoms with E-state index in [4.69, 9.17) is 28.1 Å². The molecule has 3 aliphatic heterocycles. The smallest absolute Gasteiger partial charge is 0.308 e. The van der Waals surface area contributed by atoms with Gasteiger partial charge in [-0.2, -0.15) is 0 Å². The Hall–Kier alpha value is -1.62. The van der Waals surface area contributed by atoms with E-state index in [1.807, 2.05) is 60.7 Å². The van der Waals surface area contributed by atoms with Crippen molar-refractivity contribution in [3.05, 3.63) is 71.8 Å². The van der Waals surface area contributed by atoms with Gasteiger partial charge in [-0.05, 0) is 29.3 Å². The Bertz CT molecular complexity index is 948. The third-order valence-electron chi connectivity index (χ3n) is 7.89. The zero-order chi connectivity index (χ0) is 25.6. The number of hydrogen-bond donors (Lipinski definition) is 1. The number of ether oxygens (including phenoxy) is 5. The third kappa shape index (κ3) is 4.93. The third-order valence-corrected chi connectivity index (χ3v) is 12.4. The highest BCUT2D eigenvalue weighted by molar-refractivity contribution is 6.74. The van der Waals surface area contributed by atoms with Gasteiger partial charge in [0.15, 0.2) is 8.32 Å². The summed E-state index contributed by atoms with van der Waals surface area (Å²) in [5.41, 5.74) is 2.12. The quantitative estimate of drug-likeness (QED) is 0.498. The minimum Gasteiger partial charge on any atom is -0.408 e. The lowest BCUT2D eigenvalue weighted by Gasteiger charge is -2.63. The molecule has 4 aliphatic rings. The Morgan fingerprint density at radius 2 is 1.17 bits per heavy atom. The molecular formula is C28H38O7Si. The fourth-order valence-electron chi connectivity index (χ4n) is 4.91. The minimum atomic E-state index is -2.21. The van der Waals surface area contributed by atoms with Gasteiger partial charge in [0.2, 0.25) is 0 Å². The van der Waals surface area contributed by atoms with E-state index in [0.717, 1.165) is 11.1 Å². The van der Waals surface area contributed by atoms with E-state index >= 15 is 0 Å². The molecule has 4 bridgehead atoms. The van der Waals surface area contributed by atoms with Crippen molar-refractivity contribution in [2.75, 3.05) is 6.61 Å². The minimum absolute atomic E-state index is 0.00633. The largest absolute Gasteiger partial charge is 0.408 e. The van der Waals surface area contributed by atoms with Crippen LogP contribution < -0.4 is 0 Å². The average molecular weight is 515 g/mol. The Balaban J connectivity index is 1.45. The van der Waals surface area contributed by atoms with Gasteiger partial charge < -0.3 is 33.2 Å². The molecule has 196 valence electrons. The van der Waals surface area contributed by atoms with Crippen molar-refractivity contribution in [2.24, 2.45) is 0 Å².